The minimum atomic E-state index is -4.42. The zero-order valence-electron chi connectivity index (χ0n) is 13.4. The SMILES string of the molecule is CC(=O)c1cccc2c1OB(O)[C@@H](CC(=O)CC(C)C(F)(F)F)C2. The molecule has 1 heterocycles. The van der Waals surface area contributed by atoms with Gasteiger partial charge in [-0.1, -0.05) is 19.1 Å². The summed E-state index contributed by atoms with van der Waals surface area (Å²) in [4.78, 5) is 23.5. The van der Waals surface area contributed by atoms with Gasteiger partial charge in [-0.15, -0.1) is 0 Å². The van der Waals surface area contributed by atoms with E-state index in [0.29, 0.717) is 11.1 Å². The van der Waals surface area contributed by atoms with Gasteiger partial charge >= 0.3 is 13.3 Å². The molecular formula is C16H18BF3O4. The van der Waals surface area contributed by atoms with Crippen molar-refractivity contribution in [1.29, 1.82) is 0 Å². The molecule has 0 aliphatic carbocycles. The Bertz CT molecular complexity index is 645. The van der Waals surface area contributed by atoms with Gasteiger partial charge in [0.05, 0.1) is 11.5 Å². The number of ketones is 2. The third-order valence-electron chi connectivity index (χ3n) is 4.18. The number of carbonyl (C=O) groups excluding carboxylic acids is 2. The van der Waals surface area contributed by atoms with Crippen LogP contribution in [-0.4, -0.2) is 29.9 Å². The Hall–Kier alpha value is -1.83. The van der Waals surface area contributed by atoms with E-state index >= 15 is 0 Å². The number of para-hydroxylation sites is 1. The molecule has 0 spiro atoms. The molecule has 1 unspecified atom stereocenters. The van der Waals surface area contributed by atoms with E-state index in [4.69, 9.17) is 4.65 Å². The van der Waals surface area contributed by atoms with Crippen molar-refractivity contribution >= 4 is 18.7 Å². The van der Waals surface area contributed by atoms with Gasteiger partial charge in [-0.3, -0.25) is 9.59 Å². The Kier molecular flexibility index (Phi) is 5.37. The maximum atomic E-state index is 12.5. The van der Waals surface area contributed by atoms with Crippen molar-refractivity contribution in [3.63, 3.8) is 0 Å². The molecule has 1 N–H and O–H groups in total. The largest absolute Gasteiger partial charge is 0.535 e. The minimum absolute atomic E-state index is 0.203. The molecule has 24 heavy (non-hydrogen) atoms. The van der Waals surface area contributed by atoms with Crippen LogP contribution in [0.5, 0.6) is 5.75 Å². The molecule has 0 saturated heterocycles. The summed E-state index contributed by atoms with van der Waals surface area (Å²) in [6.45, 7) is 2.33. The summed E-state index contributed by atoms with van der Waals surface area (Å²) in [5, 5.41) is 10.1. The Labute approximate surface area is 138 Å². The third-order valence-corrected chi connectivity index (χ3v) is 4.18. The fourth-order valence-corrected chi connectivity index (χ4v) is 2.77. The van der Waals surface area contributed by atoms with E-state index < -0.39 is 37.2 Å². The van der Waals surface area contributed by atoms with E-state index in [1.807, 2.05) is 0 Å². The third kappa shape index (κ3) is 4.17. The molecule has 0 amide bonds. The first kappa shape index (κ1) is 18.5. The summed E-state index contributed by atoms with van der Waals surface area (Å²) in [5.41, 5.74) is 0.997. The summed E-state index contributed by atoms with van der Waals surface area (Å²) in [6.07, 6.45) is -4.97. The van der Waals surface area contributed by atoms with E-state index in [9.17, 15) is 27.8 Å². The first-order valence-corrected chi connectivity index (χ1v) is 7.65. The average Bonchev–Trinajstić information content (AvgIpc) is 2.46. The molecule has 0 saturated carbocycles. The number of Topliss-reactive ketones (excluding diaryl/α,β-unsaturated/α-hetero) is 2. The molecule has 2 rings (SSSR count). The predicted molar refractivity (Wildman–Crippen MR) is 82.0 cm³/mol. The van der Waals surface area contributed by atoms with Crippen LogP contribution < -0.4 is 4.65 Å². The van der Waals surface area contributed by atoms with Gasteiger partial charge in [-0.2, -0.15) is 13.2 Å². The van der Waals surface area contributed by atoms with Gasteiger partial charge in [0.25, 0.3) is 0 Å². The quantitative estimate of drug-likeness (QED) is 0.659. The molecule has 8 heteroatoms. The van der Waals surface area contributed by atoms with Gasteiger partial charge in [0.1, 0.15) is 11.5 Å². The van der Waals surface area contributed by atoms with Crippen molar-refractivity contribution in [3.8, 4) is 5.75 Å². The number of rotatable bonds is 5. The van der Waals surface area contributed by atoms with Crippen molar-refractivity contribution in [2.45, 2.75) is 45.1 Å². The van der Waals surface area contributed by atoms with E-state index in [-0.39, 0.29) is 24.4 Å². The highest BCUT2D eigenvalue weighted by molar-refractivity contribution is 6.47. The Morgan fingerprint density at radius 2 is 2.08 bits per heavy atom. The van der Waals surface area contributed by atoms with Crippen LogP contribution in [0.25, 0.3) is 0 Å². The lowest BCUT2D eigenvalue weighted by molar-refractivity contribution is -0.173. The van der Waals surface area contributed by atoms with Gasteiger partial charge in [-0.25, -0.2) is 0 Å². The maximum Gasteiger partial charge on any atom is 0.526 e. The van der Waals surface area contributed by atoms with E-state index in [0.717, 1.165) is 6.92 Å². The highest BCUT2D eigenvalue weighted by Crippen LogP contribution is 2.37. The van der Waals surface area contributed by atoms with Crippen LogP contribution >= 0.6 is 0 Å². The molecule has 1 aromatic rings. The van der Waals surface area contributed by atoms with Crippen molar-refractivity contribution in [2.24, 2.45) is 5.92 Å². The smallest absolute Gasteiger partial charge is 0.526 e. The van der Waals surface area contributed by atoms with Crippen LogP contribution in [0, 0.1) is 5.92 Å². The Morgan fingerprint density at radius 3 is 2.67 bits per heavy atom. The zero-order chi connectivity index (χ0) is 18.1. The molecule has 1 aromatic carbocycles. The van der Waals surface area contributed by atoms with E-state index in [2.05, 4.69) is 0 Å². The van der Waals surface area contributed by atoms with Gasteiger partial charge < -0.3 is 9.68 Å². The fraction of sp³-hybridized carbons (Fsp3) is 0.500. The first-order valence-electron chi connectivity index (χ1n) is 7.65. The second-order valence-electron chi connectivity index (χ2n) is 6.21. The van der Waals surface area contributed by atoms with Gasteiger partial charge in [0.2, 0.25) is 0 Å². The molecule has 0 radical (unpaired) electrons. The molecule has 1 aliphatic rings. The van der Waals surface area contributed by atoms with Crippen LogP contribution in [-0.2, 0) is 11.2 Å². The first-order chi connectivity index (χ1) is 11.1. The molecule has 0 aromatic heterocycles. The van der Waals surface area contributed by atoms with Gasteiger partial charge in [0.15, 0.2) is 5.78 Å². The summed E-state index contributed by atoms with van der Waals surface area (Å²) in [7, 11) is -1.33. The van der Waals surface area contributed by atoms with Crippen LogP contribution in [0.2, 0.25) is 5.82 Å². The second-order valence-corrected chi connectivity index (χ2v) is 6.21. The summed E-state index contributed by atoms with van der Waals surface area (Å²) >= 11 is 0. The number of benzene rings is 1. The van der Waals surface area contributed by atoms with E-state index in [1.165, 1.54) is 6.92 Å². The minimum Gasteiger partial charge on any atom is -0.535 e. The molecule has 4 nitrogen and oxygen atoms in total. The Morgan fingerprint density at radius 1 is 1.42 bits per heavy atom. The van der Waals surface area contributed by atoms with Crippen molar-refractivity contribution in [1.82, 2.24) is 0 Å². The monoisotopic (exact) mass is 342 g/mol. The summed E-state index contributed by atoms with van der Waals surface area (Å²) in [6, 6.07) is 4.95. The molecular weight excluding hydrogens is 324 g/mol. The maximum absolute atomic E-state index is 12.5. The molecule has 1 aliphatic heterocycles. The van der Waals surface area contributed by atoms with Gasteiger partial charge in [0, 0.05) is 18.7 Å². The lowest BCUT2D eigenvalue weighted by atomic mass is 9.64. The highest BCUT2D eigenvalue weighted by Gasteiger charge is 2.40. The number of carbonyl (C=O) groups is 2. The molecule has 2 atom stereocenters. The molecule has 0 bridgehead atoms. The molecule has 0 fully saturated rings. The lowest BCUT2D eigenvalue weighted by Crippen LogP contribution is -2.36. The molecule has 130 valence electrons. The summed E-state index contributed by atoms with van der Waals surface area (Å²) < 4.78 is 42.9. The van der Waals surface area contributed by atoms with Crippen LogP contribution in [0.4, 0.5) is 13.2 Å². The van der Waals surface area contributed by atoms with E-state index in [1.54, 1.807) is 18.2 Å². The zero-order valence-corrected chi connectivity index (χ0v) is 13.4. The number of fused-ring (bicyclic) bond motifs is 1. The predicted octanol–water partition coefficient (Wildman–Crippen LogP) is 3.22. The Balaban J connectivity index is 2.08. The van der Waals surface area contributed by atoms with Crippen LogP contribution in [0.1, 0.15) is 42.6 Å². The highest BCUT2D eigenvalue weighted by atomic mass is 19.4. The number of hydrogen-bond donors (Lipinski definition) is 1. The standard InChI is InChI=1S/C16H18BF3O4/c1-9(16(18,19)20)6-13(22)8-12-7-11-4-3-5-14(10(2)21)15(11)24-17(12)23/h3-5,9,12,23H,6-8H2,1-2H3/t9?,12-/m1/s1. The van der Waals surface area contributed by atoms with Crippen molar-refractivity contribution in [3.05, 3.63) is 29.3 Å². The number of hydrogen-bond acceptors (Lipinski definition) is 4. The fourth-order valence-electron chi connectivity index (χ4n) is 2.77. The van der Waals surface area contributed by atoms with Crippen LogP contribution in [0.3, 0.4) is 0 Å². The van der Waals surface area contributed by atoms with Crippen LogP contribution in [0.15, 0.2) is 18.2 Å². The second kappa shape index (κ2) is 6.97. The van der Waals surface area contributed by atoms with Crippen molar-refractivity contribution < 1.29 is 32.4 Å². The number of alkyl halides is 3. The number of halogens is 3. The summed E-state index contributed by atoms with van der Waals surface area (Å²) in [5.74, 6) is -2.85. The lowest BCUT2D eigenvalue weighted by Gasteiger charge is -2.28. The van der Waals surface area contributed by atoms with Crippen molar-refractivity contribution in [2.75, 3.05) is 0 Å². The normalized spacial score (nSPS) is 18.6. The topological polar surface area (TPSA) is 63.6 Å². The average molecular weight is 342 g/mol. The van der Waals surface area contributed by atoms with Gasteiger partial charge in [-0.05, 0) is 25.0 Å².